The quantitative estimate of drug-likeness (QED) is 0.374. The van der Waals surface area contributed by atoms with Crippen molar-refractivity contribution in [2.45, 2.75) is 31.0 Å². The van der Waals surface area contributed by atoms with Gasteiger partial charge < -0.3 is 5.32 Å². The second kappa shape index (κ2) is 9.19. The maximum Gasteiger partial charge on any atom is 0.235 e. The van der Waals surface area contributed by atoms with Crippen molar-refractivity contribution < 1.29 is 9.18 Å². The molecule has 1 aliphatic rings. The van der Waals surface area contributed by atoms with Crippen LogP contribution in [0.5, 0.6) is 0 Å². The zero-order valence-corrected chi connectivity index (χ0v) is 18.9. The summed E-state index contributed by atoms with van der Waals surface area (Å²) in [6.07, 6.45) is 4.12. The highest BCUT2D eigenvalue weighted by Crippen LogP contribution is 2.40. The molecule has 0 radical (unpaired) electrons. The average Bonchev–Trinajstić information content (AvgIpc) is 3.44. The first kappa shape index (κ1) is 21.4. The number of carbonyl (C=O) groups is 1. The molecule has 0 aliphatic heterocycles. The molecule has 1 fully saturated rings. The number of rotatable bonds is 8. The van der Waals surface area contributed by atoms with Crippen LogP contribution in [0.15, 0.2) is 72.0 Å². The van der Waals surface area contributed by atoms with Gasteiger partial charge in [0.15, 0.2) is 11.0 Å². The molecule has 1 aliphatic carbocycles. The van der Waals surface area contributed by atoms with Gasteiger partial charge in [-0.1, -0.05) is 30.0 Å². The van der Waals surface area contributed by atoms with Crippen LogP contribution in [0, 0.1) is 11.7 Å². The van der Waals surface area contributed by atoms with Gasteiger partial charge in [-0.25, -0.2) is 9.07 Å². The summed E-state index contributed by atoms with van der Waals surface area (Å²) in [5.74, 6) is 1.63. The van der Waals surface area contributed by atoms with E-state index in [4.69, 9.17) is 0 Å². The molecule has 1 unspecified atom stereocenters. The van der Waals surface area contributed by atoms with E-state index in [9.17, 15) is 9.18 Å². The summed E-state index contributed by atoms with van der Waals surface area (Å²) in [4.78, 5) is 12.7. The summed E-state index contributed by atoms with van der Waals surface area (Å²) in [5, 5.41) is 16.6. The molecule has 2 heterocycles. The Balaban J connectivity index is 1.35. The number of nitrogens with one attached hydrogen (secondary N) is 1. The van der Waals surface area contributed by atoms with Crippen molar-refractivity contribution in [2.75, 3.05) is 11.1 Å². The van der Waals surface area contributed by atoms with Gasteiger partial charge >= 0.3 is 0 Å². The summed E-state index contributed by atoms with van der Waals surface area (Å²) in [6.45, 7) is 2.13. The van der Waals surface area contributed by atoms with Crippen LogP contribution >= 0.6 is 11.8 Å². The van der Waals surface area contributed by atoms with Crippen LogP contribution in [-0.4, -0.2) is 36.2 Å². The summed E-state index contributed by atoms with van der Waals surface area (Å²) < 4.78 is 17.2. The third-order valence-corrected chi connectivity index (χ3v) is 6.64. The van der Waals surface area contributed by atoms with Crippen molar-refractivity contribution in [3.05, 3.63) is 72.7 Å². The van der Waals surface area contributed by atoms with Crippen LogP contribution in [-0.2, 0) is 4.79 Å². The highest BCUT2D eigenvalue weighted by atomic mass is 32.2. The number of thioether (sulfide) groups is 1. The number of benzene rings is 2. The molecule has 2 aromatic carbocycles. The van der Waals surface area contributed by atoms with E-state index < -0.39 is 0 Å². The molecule has 33 heavy (non-hydrogen) atoms. The maximum absolute atomic E-state index is 13.4. The van der Waals surface area contributed by atoms with E-state index in [1.54, 1.807) is 18.3 Å². The molecule has 1 saturated carbocycles. The Kier molecular flexibility index (Phi) is 5.95. The van der Waals surface area contributed by atoms with Crippen molar-refractivity contribution >= 4 is 23.5 Å². The molecule has 0 bridgehead atoms. The zero-order valence-electron chi connectivity index (χ0n) is 18.1. The Hall–Kier alpha value is -3.46. The molecule has 1 atom stereocenters. The van der Waals surface area contributed by atoms with Gasteiger partial charge in [-0.05, 0) is 62.1 Å². The number of halogens is 1. The van der Waals surface area contributed by atoms with Gasteiger partial charge in [-0.2, -0.15) is 5.10 Å². The fourth-order valence-electron chi connectivity index (χ4n) is 3.78. The number of hydrogen-bond donors (Lipinski definition) is 1. The molecule has 0 spiro atoms. The minimum absolute atomic E-state index is 0.143. The van der Waals surface area contributed by atoms with Crippen LogP contribution in [0.1, 0.15) is 25.8 Å². The van der Waals surface area contributed by atoms with Gasteiger partial charge in [0.1, 0.15) is 11.6 Å². The molecule has 1 amide bonds. The van der Waals surface area contributed by atoms with E-state index in [1.807, 2.05) is 45.6 Å². The van der Waals surface area contributed by atoms with Gasteiger partial charge in [-0.15, -0.1) is 10.2 Å². The number of carbonyl (C=O) groups excluding carboxylic acids is 1. The second-order valence-electron chi connectivity index (χ2n) is 8.06. The van der Waals surface area contributed by atoms with E-state index >= 15 is 0 Å². The molecule has 9 heteroatoms. The highest BCUT2D eigenvalue weighted by molar-refractivity contribution is 7.99. The summed E-state index contributed by atoms with van der Waals surface area (Å²) >= 11 is 1.30. The van der Waals surface area contributed by atoms with E-state index in [0.717, 1.165) is 11.3 Å². The lowest BCUT2D eigenvalue weighted by atomic mass is 10.2. The van der Waals surface area contributed by atoms with E-state index in [0.29, 0.717) is 22.7 Å². The van der Waals surface area contributed by atoms with Crippen LogP contribution < -0.4 is 5.32 Å². The molecule has 7 nitrogen and oxygen atoms in total. The van der Waals surface area contributed by atoms with E-state index in [1.165, 1.54) is 36.7 Å². The molecule has 5 rings (SSSR count). The lowest BCUT2D eigenvalue weighted by molar-refractivity contribution is -0.113. The standard InChI is InChI=1S/C24H23FN6OS/c1-16(17-7-8-17)31-21(13-14-26-31)27-22(32)15-33-24-29-28-23(18-9-11-19(25)12-10-18)30(24)20-5-3-2-4-6-20/h2-6,9-14,16-17H,7-8,15H2,1H3,(H,27,32). The van der Waals surface area contributed by atoms with Gasteiger partial charge in [0.05, 0.1) is 18.0 Å². The predicted molar refractivity (Wildman–Crippen MR) is 126 cm³/mol. The molecule has 168 valence electrons. The normalized spacial score (nSPS) is 14.2. The minimum atomic E-state index is -0.314. The summed E-state index contributed by atoms with van der Waals surface area (Å²) in [7, 11) is 0. The summed E-state index contributed by atoms with van der Waals surface area (Å²) in [5.41, 5.74) is 1.60. The average molecular weight is 463 g/mol. The SMILES string of the molecule is CC(C1CC1)n1nccc1NC(=O)CSc1nnc(-c2ccc(F)cc2)n1-c1ccccc1. The number of hydrogen-bond acceptors (Lipinski definition) is 5. The Bertz CT molecular complexity index is 1250. The Labute approximate surface area is 195 Å². The number of aromatic nitrogens is 5. The molecular formula is C24H23FN6OS. The third kappa shape index (κ3) is 4.68. The van der Waals surface area contributed by atoms with Crippen LogP contribution in [0.25, 0.3) is 17.1 Å². The molecule has 2 aromatic heterocycles. The topological polar surface area (TPSA) is 77.6 Å². The smallest absolute Gasteiger partial charge is 0.235 e. The first-order chi connectivity index (χ1) is 16.1. The Morgan fingerprint density at radius 1 is 1.12 bits per heavy atom. The minimum Gasteiger partial charge on any atom is -0.310 e. The summed E-state index contributed by atoms with van der Waals surface area (Å²) in [6, 6.07) is 17.9. The number of amides is 1. The Morgan fingerprint density at radius 2 is 1.88 bits per heavy atom. The van der Waals surface area contributed by atoms with Crippen molar-refractivity contribution in [3.8, 4) is 17.1 Å². The fraction of sp³-hybridized carbons (Fsp3) is 0.250. The zero-order chi connectivity index (χ0) is 22.8. The Morgan fingerprint density at radius 3 is 2.61 bits per heavy atom. The molecular weight excluding hydrogens is 439 g/mol. The van der Waals surface area contributed by atoms with Crippen LogP contribution in [0.3, 0.4) is 0 Å². The van der Waals surface area contributed by atoms with Gasteiger partial charge in [0.25, 0.3) is 0 Å². The number of nitrogens with zero attached hydrogens (tertiary/aromatic N) is 5. The van der Waals surface area contributed by atoms with Gasteiger partial charge in [0.2, 0.25) is 5.91 Å². The van der Waals surface area contributed by atoms with Crippen LogP contribution in [0.2, 0.25) is 0 Å². The molecule has 4 aromatic rings. The number of anilines is 1. The predicted octanol–water partition coefficient (Wildman–Crippen LogP) is 4.97. The van der Waals surface area contributed by atoms with Crippen LogP contribution in [0.4, 0.5) is 10.2 Å². The fourth-order valence-corrected chi connectivity index (χ4v) is 4.54. The lowest BCUT2D eigenvalue weighted by Gasteiger charge is -2.15. The largest absolute Gasteiger partial charge is 0.310 e. The second-order valence-corrected chi connectivity index (χ2v) is 9.00. The van der Waals surface area contributed by atoms with Crippen molar-refractivity contribution in [3.63, 3.8) is 0 Å². The first-order valence-electron chi connectivity index (χ1n) is 10.8. The third-order valence-electron chi connectivity index (χ3n) is 5.71. The first-order valence-corrected chi connectivity index (χ1v) is 11.8. The van der Waals surface area contributed by atoms with Crippen molar-refractivity contribution in [1.29, 1.82) is 0 Å². The maximum atomic E-state index is 13.4. The van der Waals surface area contributed by atoms with Crippen molar-refractivity contribution in [1.82, 2.24) is 24.5 Å². The van der Waals surface area contributed by atoms with Gasteiger partial charge in [0, 0.05) is 17.3 Å². The molecule has 1 N–H and O–H groups in total. The highest BCUT2D eigenvalue weighted by Gasteiger charge is 2.30. The monoisotopic (exact) mass is 462 g/mol. The van der Waals surface area contributed by atoms with Crippen molar-refractivity contribution in [2.24, 2.45) is 5.92 Å². The lowest BCUT2D eigenvalue weighted by Crippen LogP contribution is -2.20. The van der Waals surface area contributed by atoms with E-state index in [-0.39, 0.29) is 23.5 Å². The number of para-hydroxylation sites is 1. The molecule has 0 saturated heterocycles. The van der Waals surface area contributed by atoms with Gasteiger partial charge in [-0.3, -0.25) is 9.36 Å². The van der Waals surface area contributed by atoms with E-state index in [2.05, 4.69) is 27.5 Å².